The molecule has 0 spiro atoms. The Bertz CT molecular complexity index is 430. The molecular formula is C15H31O5PSi. The normalized spacial score (nSPS) is 24.3. The Morgan fingerprint density at radius 1 is 1.18 bits per heavy atom. The fraction of sp³-hybridized carbons (Fsp3) is 0.933. The Morgan fingerprint density at radius 3 is 2.09 bits per heavy atom. The highest BCUT2D eigenvalue weighted by Crippen LogP contribution is 2.40. The summed E-state index contributed by atoms with van der Waals surface area (Å²) in [7, 11) is -5.96. The zero-order valence-electron chi connectivity index (χ0n) is 14.5. The van der Waals surface area contributed by atoms with E-state index >= 15 is 0 Å². The first-order valence-corrected chi connectivity index (χ1v) is 12.7. The monoisotopic (exact) mass is 350 g/mol. The maximum absolute atomic E-state index is 11.9. The summed E-state index contributed by atoms with van der Waals surface area (Å²) in [4.78, 5) is 29.6. The van der Waals surface area contributed by atoms with Gasteiger partial charge in [0.25, 0.3) is 0 Å². The molecule has 1 saturated carbocycles. The van der Waals surface area contributed by atoms with Crippen LogP contribution in [0.2, 0.25) is 18.1 Å². The molecule has 0 aromatic carbocycles. The van der Waals surface area contributed by atoms with Gasteiger partial charge in [0.2, 0.25) is 0 Å². The summed E-state index contributed by atoms with van der Waals surface area (Å²) in [5, 5.41) is 0.198. The second-order valence-corrected chi connectivity index (χ2v) is 14.5. The molecule has 0 bridgehead atoms. The molecule has 1 aliphatic rings. The van der Waals surface area contributed by atoms with Crippen LogP contribution in [0.25, 0.3) is 0 Å². The molecule has 0 heterocycles. The van der Waals surface area contributed by atoms with Crippen molar-refractivity contribution in [2.24, 2.45) is 11.8 Å². The molecule has 0 atom stereocenters. The fourth-order valence-corrected chi connectivity index (χ4v) is 4.28. The number of rotatable bonds is 6. The molecule has 0 unspecified atom stereocenters. The fourth-order valence-electron chi connectivity index (χ4n) is 2.53. The van der Waals surface area contributed by atoms with E-state index in [0.29, 0.717) is 5.92 Å². The smallest absolute Gasteiger partial charge is 0.332 e. The van der Waals surface area contributed by atoms with Crippen LogP contribution in [0.3, 0.4) is 0 Å². The predicted octanol–water partition coefficient (Wildman–Crippen LogP) is 3.56. The van der Waals surface area contributed by atoms with E-state index in [1.165, 1.54) is 0 Å². The average molecular weight is 350 g/mol. The third-order valence-electron chi connectivity index (χ3n) is 5.15. The maximum atomic E-state index is 11.9. The van der Waals surface area contributed by atoms with E-state index in [0.717, 1.165) is 32.3 Å². The van der Waals surface area contributed by atoms with Gasteiger partial charge in [-0.2, -0.15) is 0 Å². The first-order valence-electron chi connectivity index (χ1n) is 8.03. The van der Waals surface area contributed by atoms with Crippen LogP contribution in [-0.2, 0) is 13.8 Å². The van der Waals surface area contributed by atoms with Crippen molar-refractivity contribution in [3.05, 3.63) is 0 Å². The number of hydrogen-bond acceptors (Lipinski definition) is 3. The van der Waals surface area contributed by atoms with Crippen molar-refractivity contribution in [1.82, 2.24) is 0 Å². The third-order valence-corrected chi connectivity index (χ3v) is 10.4. The zero-order chi connectivity index (χ0) is 17.2. The Morgan fingerprint density at radius 2 is 1.68 bits per heavy atom. The molecule has 22 heavy (non-hydrogen) atoms. The molecule has 2 N–H and O–H groups in total. The van der Waals surface area contributed by atoms with Crippen LogP contribution in [0.4, 0.5) is 0 Å². The first kappa shape index (κ1) is 20.0. The summed E-state index contributed by atoms with van der Waals surface area (Å²) in [5.41, 5.74) is 0. The van der Waals surface area contributed by atoms with Crippen molar-refractivity contribution in [2.75, 3.05) is 12.8 Å². The van der Waals surface area contributed by atoms with E-state index in [2.05, 4.69) is 33.9 Å². The van der Waals surface area contributed by atoms with Gasteiger partial charge in [0, 0.05) is 12.5 Å². The lowest BCUT2D eigenvalue weighted by molar-refractivity contribution is -0.121. The van der Waals surface area contributed by atoms with Gasteiger partial charge in [-0.15, -0.1) is 0 Å². The van der Waals surface area contributed by atoms with Crippen molar-refractivity contribution in [3.63, 3.8) is 0 Å². The predicted molar refractivity (Wildman–Crippen MR) is 90.5 cm³/mol. The molecular weight excluding hydrogens is 319 g/mol. The van der Waals surface area contributed by atoms with Crippen LogP contribution in [0.15, 0.2) is 0 Å². The quantitative estimate of drug-likeness (QED) is 0.565. The molecule has 0 aliphatic heterocycles. The van der Waals surface area contributed by atoms with Gasteiger partial charge >= 0.3 is 7.60 Å². The highest BCUT2D eigenvalue weighted by atomic mass is 31.2. The van der Waals surface area contributed by atoms with Crippen molar-refractivity contribution in [2.45, 2.75) is 64.6 Å². The van der Waals surface area contributed by atoms with Gasteiger partial charge in [-0.25, -0.2) is 0 Å². The van der Waals surface area contributed by atoms with Gasteiger partial charge in [-0.1, -0.05) is 20.8 Å². The van der Waals surface area contributed by atoms with Crippen molar-refractivity contribution in [3.8, 4) is 0 Å². The molecule has 130 valence electrons. The Balaban J connectivity index is 2.40. The third kappa shape index (κ3) is 6.24. The van der Waals surface area contributed by atoms with Gasteiger partial charge in [-0.3, -0.25) is 9.36 Å². The first-order chi connectivity index (χ1) is 9.82. The number of Topliss-reactive ketones (excluding diaryl/α,β-unsaturated/α-hetero) is 1. The lowest BCUT2D eigenvalue weighted by Crippen LogP contribution is -2.42. The van der Waals surface area contributed by atoms with Crippen molar-refractivity contribution in [1.29, 1.82) is 0 Å². The zero-order valence-corrected chi connectivity index (χ0v) is 16.4. The van der Waals surface area contributed by atoms with Gasteiger partial charge in [0.15, 0.2) is 8.32 Å². The van der Waals surface area contributed by atoms with Crippen LogP contribution in [-0.4, -0.2) is 36.7 Å². The van der Waals surface area contributed by atoms with E-state index in [9.17, 15) is 9.36 Å². The van der Waals surface area contributed by atoms with Gasteiger partial charge in [0.1, 0.15) is 11.9 Å². The van der Waals surface area contributed by atoms with Crippen LogP contribution in [0, 0.1) is 11.8 Å². The molecule has 1 fully saturated rings. The molecule has 0 amide bonds. The lowest BCUT2D eigenvalue weighted by Gasteiger charge is -2.38. The number of hydrogen-bond donors (Lipinski definition) is 2. The van der Waals surface area contributed by atoms with Crippen LogP contribution in [0.5, 0.6) is 0 Å². The molecule has 5 nitrogen and oxygen atoms in total. The minimum absolute atomic E-state index is 0.184. The second kappa shape index (κ2) is 7.26. The number of carbonyl (C=O) groups is 1. The lowest BCUT2D eigenvalue weighted by atomic mass is 9.81. The van der Waals surface area contributed by atoms with Gasteiger partial charge < -0.3 is 14.2 Å². The van der Waals surface area contributed by atoms with Crippen molar-refractivity contribution >= 4 is 21.7 Å². The molecule has 0 saturated heterocycles. The summed E-state index contributed by atoms with van der Waals surface area (Å²) in [6.07, 6.45) is 2.66. The average Bonchev–Trinajstić information content (AvgIpc) is 2.33. The molecule has 0 radical (unpaired) electrons. The number of ketones is 1. The molecule has 1 aliphatic carbocycles. The largest absolute Gasteiger partial charge is 0.417 e. The topological polar surface area (TPSA) is 83.8 Å². The minimum Gasteiger partial charge on any atom is -0.417 e. The minimum atomic E-state index is -4.23. The summed E-state index contributed by atoms with van der Waals surface area (Å²) in [6.45, 7) is 11.9. The summed E-state index contributed by atoms with van der Waals surface area (Å²) in [5.74, 6) is 0.00192. The Kier molecular flexibility index (Phi) is 6.62. The van der Waals surface area contributed by atoms with E-state index in [-0.39, 0.29) is 16.7 Å². The van der Waals surface area contributed by atoms with E-state index in [1.54, 1.807) is 0 Å². The van der Waals surface area contributed by atoms with Gasteiger partial charge in [-0.05, 0) is 49.7 Å². The number of carbonyl (C=O) groups excluding carboxylic acids is 1. The molecule has 1 rings (SSSR count). The van der Waals surface area contributed by atoms with Crippen LogP contribution >= 0.6 is 7.60 Å². The van der Waals surface area contributed by atoms with E-state index in [1.807, 2.05) is 0 Å². The summed E-state index contributed by atoms with van der Waals surface area (Å²) in [6, 6.07) is 0. The second-order valence-electron chi connectivity index (χ2n) is 8.08. The van der Waals surface area contributed by atoms with Crippen LogP contribution < -0.4 is 0 Å². The van der Waals surface area contributed by atoms with Gasteiger partial charge in [0.05, 0.1) is 0 Å². The van der Waals surface area contributed by atoms with E-state index < -0.39 is 22.1 Å². The highest BCUT2D eigenvalue weighted by molar-refractivity contribution is 7.52. The Labute approximate surface area is 135 Å². The highest BCUT2D eigenvalue weighted by Gasteiger charge is 2.38. The Hall–Kier alpha value is -0.00312. The van der Waals surface area contributed by atoms with E-state index in [4.69, 9.17) is 14.2 Å². The maximum Gasteiger partial charge on any atom is 0.332 e. The summed E-state index contributed by atoms with van der Waals surface area (Å²) >= 11 is 0. The SMILES string of the molecule is CC(C)(C)[Si](C)(C)OCC1CCC(C(=O)CP(=O)(O)O)CC1. The molecule has 7 heteroatoms. The van der Waals surface area contributed by atoms with Crippen molar-refractivity contribution < 1.29 is 23.6 Å². The standard InChI is InChI=1S/C15H31O5PSi/c1-15(2,3)22(4,5)20-10-12-6-8-13(9-7-12)14(16)11-21(17,18)19/h12-13H,6-11H2,1-5H3,(H2,17,18,19). The summed E-state index contributed by atoms with van der Waals surface area (Å²) < 4.78 is 17.2. The molecule has 0 aromatic heterocycles. The van der Waals surface area contributed by atoms with Crippen LogP contribution in [0.1, 0.15) is 46.5 Å². The molecule has 0 aromatic rings.